The molecule has 21 heavy (non-hydrogen) atoms. The van der Waals surface area contributed by atoms with E-state index in [0.717, 1.165) is 23.1 Å². The Labute approximate surface area is 128 Å². The lowest BCUT2D eigenvalue weighted by Crippen LogP contribution is -2.04. The molecule has 108 valence electrons. The molecule has 0 spiro atoms. The summed E-state index contributed by atoms with van der Waals surface area (Å²) in [4.78, 5) is 0. The lowest BCUT2D eigenvalue weighted by atomic mass is 10.2. The van der Waals surface area contributed by atoms with Crippen molar-refractivity contribution < 1.29 is 9.84 Å². The van der Waals surface area contributed by atoms with Gasteiger partial charge in [-0.05, 0) is 31.2 Å². The van der Waals surface area contributed by atoms with Gasteiger partial charge in [-0.15, -0.1) is 0 Å². The average molecular weight is 302 g/mol. The van der Waals surface area contributed by atoms with Gasteiger partial charge in [0.25, 0.3) is 0 Å². The highest BCUT2D eigenvalue weighted by Gasteiger charge is 2.11. The molecule has 1 N–H and O–H groups in total. The number of ether oxygens (including phenoxy) is 1. The molecule has 4 heteroatoms. The normalized spacial score (nSPS) is 11.0. The number of phenols is 1. The third-order valence-corrected chi connectivity index (χ3v) is 3.83. The lowest BCUT2D eigenvalue weighted by Gasteiger charge is -2.11. The molecule has 0 saturated heterocycles. The number of fused-ring (bicyclic) bond motifs is 1. The first-order valence-corrected chi connectivity index (χ1v) is 7.26. The van der Waals surface area contributed by atoms with E-state index >= 15 is 0 Å². The van der Waals surface area contributed by atoms with Crippen LogP contribution < -0.4 is 4.74 Å². The molecule has 0 bridgehead atoms. The van der Waals surface area contributed by atoms with E-state index in [1.54, 1.807) is 12.1 Å². The second kappa shape index (κ2) is 5.70. The van der Waals surface area contributed by atoms with Crippen molar-refractivity contribution in [2.24, 2.45) is 0 Å². The SMILES string of the molecule is CCn1c(COc2ccccc2Cl)cc2cccc(O)c21. The summed E-state index contributed by atoms with van der Waals surface area (Å²) in [7, 11) is 0. The van der Waals surface area contributed by atoms with Crippen LogP contribution in [0.2, 0.25) is 5.02 Å². The molecule has 0 aliphatic rings. The fraction of sp³-hybridized carbons (Fsp3) is 0.176. The zero-order valence-electron chi connectivity index (χ0n) is 11.7. The van der Waals surface area contributed by atoms with E-state index < -0.39 is 0 Å². The summed E-state index contributed by atoms with van der Waals surface area (Å²) in [5.41, 5.74) is 1.85. The summed E-state index contributed by atoms with van der Waals surface area (Å²) < 4.78 is 7.86. The predicted molar refractivity (Wildman–Crippen MR) is 85.1 cm³/mol. The number of hydrogen-bond acceptors (Lipinski definition) is 2. The molecule has 0 fully saturated rings. The van der Waals surface area contributed by atoms with Crippen LogP contribution in [0.25, 0.3) is 10.9 Å². The Kier molecular flexibility index (Phi) is 3.76. The van der Waals surface area contributed by atoms with Crippen molar-refractivity contribution in [2.45, 2.75) is 20.1 Å². The van der Waals surface area contributed by atoms with Crippen LogP contribution in [0.5, 0.6) is 11.5 Å². The second-order valence-electron chi connectivity index (χ2n) is 4.81. The number of para-hydroxylation sites is 2. The minimum Gasteiger partial charge on any atom is -0.506 e. The number of aromatic hydroxyl groups is 1. The topological polar surface area (TPSA) is 34.4 Å². The monoisotopic (exact) mass is 301 g/mol. The molecule has 0 saturated carbocycles. The summed E-state index contributed by atoms with van der Waals surface area (Å²) in [5, 5.41) is 11.6. The Balaban J connectivity index is 1.94. The van der Waals surface area contributed by atoms with Crippen LogP contribution in [0.3, 0.4) is 0 Å². The molecular weight excluding hydrogens is 286 g/mol. The van der Waals surface area contributed by atoms with Crippen LogP contribution in [0.15, 0.2) is 48.5 Å². The van der Waals surface area contributed by atoms with Gasteiger partial charge in [-0.2, -0.15) is 0 Å². The van der Waals surface area contributed by atoms with Gasteiger partial charge in [0.15, 0.2) is 0 Å². The van der Waals surface area contributed by atoms with Gasteiger partial charge >= 0.3 is 0 Å². The van der Waals surface area contributed by atoms with Crippen LogP contribution in [0, 0.1) is 0 Å². The molecule has 2 aromatic carbocycles. The van der Waals surface area contributed by atoms with E-state index in [0.29, 0.717) is 23.1 Å². The van der Waals surface area contributed by atoms with E-state index in [9.17, 15) is 5.11 Å². The number of rotatable bonds is 4. The maximum absolute atomic E-state index is 10.0. The van der Waals surface area contributed by atoms with Gasteiger partial charge in [0, 0.05) is 11.9 Å². The second-order valence-corrected chi connectivity index (χ2v) is 5.22. The van der Waals surface area contributed by atoms with Gasteiger partial charge in [-0.3, -0.25) is 0 Å². The van der Waals surface area contributed by atoms with Crippen molar-refractivity contribution >= 4 is 22.5 Å². The number of halogens is 1. The predicted octanol–water partition coefficient (Wildman–Crippen LogP) is 4.60. The van der Waals surface area contributed by atoms with Gasteiger partial charge in [0.2, 0.25) is 0 Å². The number of benzene rings is 2. The Morgan fingerprint density at radius 1 is 1.14 bits per heavy atom. The minimum absolute atomic E-state index is 0.290. The summed E-state index contributed by atoms with van der Waals surface area (Å²) >= 11 is 6.10. The average Bonchev–Trinajstić information content (AvgIpc) is 2.85. The Bertz CT molecular complexity index is 780. The fourth-order valence-electron chi connectivity index (χ4n) is 2.55. The molecular formula is C17H16ClNO2. The largest absolute Gasteiger partial charge is 0.506 e. The van der Waals surface area contributed by atoms with Crippen molar-refractivity contribution in [3.05, 3.63) is 59.2 Å². The number of hydrogen-bond donors (Lipinski definition) is 1. The molecule has 3 nitrogen and oxygen atoms in total. The standard InChI is InChI=1S/C17H16ClNO2/c1-2-19-13(10-12-6-5-8-15(20)17(12)19)11-21-16-9-4-3-7-14(16)18/h3-10,20H,2,11H2,1H3. The molecule has 1 aromatic heterocycles. The van der Waals surface area contributed by atoms with Crippen LogP contribution in [0.4, 0.5) is 0 Å². The maximum atomic E-state index is 10.0. The molecule has 0 atom stereocenters. The van der Waals surface area contributed by atoms with Crippen LogP contribution in [-0.2, 0) is 13.2 Å². The first-order chi connectivity index (χ1) is 10.2. The molecule has 0 radical (unpaired) electrons. The number of aryl methyl sites for hydroxylation is 1. The van der Waals surface area contributed by atoms with E-state index in [-0.39, 0.29) is 0 Å². The number of aromatic nitrogens is 1. The van der Waals surface area contributed by atoms with Gasteiger partial charge in [0.1, 0.15) is 18.1 Å². The van der Waals surface area contributed by atoms with Crippen molar-refractivity contribution in [1.82, 2.24) is 4.57 Å². The molecule has 1 heterocycles. The van der Waals surface area contributed by atoms with Gasteiger partial charge < -0.3 is 14.4 Å². The highest BCUT2D eigenvalue weighted by molar-refractivity contribution is 6.32. The lowest BCUT2D eigenvalue weighted by molar-refractivity contribution is 0.296. The minimum atomic E-state index is 0.290. The van der Waals surface area contributed by atoms with Crippen molar-refractivity contribution in [3.63, 3.8) is 0 Å². The fourth-order valence-corrected chi connectivity index (χ4v) is 2.74. The quantitative estimate of drug-likeness (QED) is 0.764. The Morgan fingerprint density at radius 3 is 2.71 bits per heavy atom. The Morgan fingerprint density at radius 2 is 1.95 bits per heavy atom. The van der Waals surface area contributed by atoms with Crippen molar-refractivity contribution in [1.29, 1.82) is 0 Å². The van der Waals surface area contributed by atoms with E-state index in [1.807, 2.05) is 43.3 Å². The van der Waals surface area contributed by atoms with E-state index in [4.69, 9.17) is 16.3 Å². The van der Waals surface area contributed by atoms with Crippen molar-refractivity contribution in [3.8, 4) is 11.5 Å². The molecule has 0 aliphatic heterocycles. The van der Waals surface area contributed by atoms with Crippen molar-refractivity contribution in [2.75, 3.05) is 0 Å². The smallest absolute Gasteiger partial charge is 0.139 e. The zero-order valence-corrected chi connectivity index (χ0v) is 12.5. The van der Waals surface area contributed by atoms with Crippen LogP contribution in [0.1, 0.15) is 12.6 Å². The van der Waals surface area contributed by atoms with E-state index in [2.05, 4.69) is 4.57 Å². The van der Waals surface area contributed by atoms with Gasteiger partial charge in [0.05, 0.1) is 16.2 Å². The third-order valence-electron chi connectivity index (χ3n) is 3.51. The van der Waals surface area contributed by atoms with Gasteiger partial charge in [-0.1, -0.05) is 35.9 Å². The highest BCUT2D eigenvalue weighted by Crippen LogP contribution is 2.29. The zero-order chi connectivity index (χ0) is 14.8. The van der Waals surface area contributed by atoms with Crippen LogP contribution >= 0.6 is 11.6 Å². The molecule has 0 amide bonds. The summed E-state index contributed by atoms with van der Waals surface area (Å²) in [6.07, 6.45) is 0. The maximum Gasteiger partial charge on any atom is 0.139 e. The summed E-state index contributed by atoms with van der Waals surface area (Å²) in [6, 6.07) is 15.0. The third kappa shape index (κ3) is 2.57. The molecule has 3 rings (SSSR count). The van der Waals surface area contributed by atoms with Gasteiger partial charge in [-0.25, -0.2) is 0 Å². The summed E-state index contributed by atoms with van der Waals surface area (Å²) in [6.45, 7) is 3.22. The van der Waals surface area contributed by atoms with Crippen LogP contribution in [-0.4, -0.2) is 9.67 Å². The first-order valence-electron chi connectivity index (χ1n) is 6.88. The molecule has 0 aliphatic carbocycles. The molecule has 0 unspecified atom stereocenters. The highest BCUT2D eigenvalue weighted by atomic mass is 35.5. The number of nitrogens with zero attached hydrogens (tertiary/aromatic N) is 1. The molecule has 3 aromatic rings. The van der Waals surface area contributed by atoms with E-state index in [1.165, 1.54) is 0 Å². The first kappa shape index (κ1) is 13.8. The number of phenolic OH excluding ortho intramolecular Hbond substituents is 1. The Hall–Kier alpha value is -2.13. The summed E-state index contributed by atoms with van der Waals surface area (Å²) in [5.74, 6) is 0.953.